The third kappa shape index (κ3) is 10.3. The highest BCUT2D eigenvalue weighted by molar-refractivity contribution is 5.83. The van der Waals surface area contributed by atoms with Crippen molar-refractivity contribution < 1.29 is 34.5 Å². The first-order valence-corrected chi connectivity index (χ1v) is 23.2. The molecule has 7 aliphatic rings. The van der Waals surface area contributed by atoms with E-state index >= 15 is 0 Å². The molecule has 7 rings (SSSR count). The normalized spacial score (nSPS) is 39.9. The zero-order valence-corrected chi connectivity index (χ0v) is 37.8. The topological polar surface area (TPSA) is 174 Å². The number of likely N-dealkylation sites (N-methyl/N-ethyl adjacent to an activating group) is 1. The number of nitrogens with one attached hydrogen (secondary N) is 4. The van der Waals surface area contributed by atoms with Crippen LogP contribution in [0.2, 0.25) is 0 Å². The Kier molecular flexibility index (Phi) is 16.2. The first-order chi connectivity index (χ1) is 28.1. The average molecular weight is 835 g/mol. The van der Waals surface area contributed by atoms with Gasteiger partial charge in [-0.3, -0.25) is 14.4 Å². The van der Waals surface area contributed by atoms with Gasteiger partial charge in [-0.25, -0.2) is 10.4 Å². The summed E-state index contributed by atoms with van der Waals surface area (Å²) in [5.41, 5.74) is 6.62. The number of methoxy groups -OCH3 is 1. The van der Waals surface area contributed by atoms with E-state index in [0.717, 1.165) is 64.6 Å². The number of rotatable bonds is 18. The van der Waals surface area contributed by atoms with Crippen LogP contribution in [0.25, 0.3) is 0 Å². The number of carbonyl (C=O) groups is 2. The van der Waals surface area contributed by atoms with Crippen LogP contribution >= 0.6 is 0 Å². The van der Waals surface area contributed by atoms with E-state index in [9.17, 15) is 24.9 Å². The number of carbonyl (C=O) groups excluding carboxylic acids is 2. The van der Waals surface area contributed by atoms with E-state index in [2.05, 4.69) is 85.1 Å². The quantitative estimate of drug-likeness (QED) is 0.106. The molecule has 59 heavy (non-hydrogen) atoms. The second kappa shape index (κ2) is 20.3. The van der Waals surface area contributed by atoms with Crippen molar-refractivity contribution in [3.63, 3.8) is 0 Å². The number of aliphatic hydroxyl groups is 3. The third-order valence-electron chi connectivity index (χ3n) is 16.4. The van der Waals surface area contributed by atoms with E-state index in [1.54, 1.807) is 19.1 Å². The van der Waals surface area contributed by atoms with Crippen molar-refractivity contribution in [2.45, 2.75) is 141 Å². The molecule has 0 radical (unpaired) electrons. The summed E-state index contributed by atoms with van der Waals surface area (Å²) in [7, 11) is 6.04. The van der Waals surface area contributed by atoms with Crippen molar-refractivity contribution in [3.8, 4) is 0 Å². The Morgan fingerprint density at radius 2 is 1.78 bits per heavy atom. The van der Waals surface area contributed by atoms with Gasteiger partial charge in [-0.2, -0.15) is 10.6 Å². The molecule has 15 heteroatoms. The number of aliphatic hydroxyl groups excluding tert-OH is 3. The minimum absolute atomic E-state index is 0.0438. The molecular formula is C44H82N8O7. The van der Waals surface area contributed by atoms with Crippen LogP contribution in [0, 0.1) is 52.8 Å². The van der Waals surface area contributed by atoms with Crippen molar-refractivity contribution in [3.05, 3.63) is 0 Å². The van der Waals surface area contributed by atoms with E-state index in [1.165, 1.54) is 6.42 Å². The molecule has 16 atom stereocenters. The molecule has 2 saturated heterocycles. The summed E-state index contributed by atoms with van der Waals surface area (Å²) in [6.07, 6.45) is 6.09. The second-order valence-electron chi connectivity index (χ2n) is 20.3. The van der Waals surface area contributed by atoms with Gasteiger partial charge in [0.05, 0.1) is 37.5 Å². The summed E-state index contributed by atoms with van der Waals surface area (Å²) >= 11 is 0. The van der Waals surface area contributed by atoms with Gasteiger partial charge in [0.1, 0.15) is 12.1 Å². The average Bonchev–Trinajstić information content (AvgIpc) is 3.84. The summed E-state index contributed by atoms with van der Waals surface area (Å²) in [4.78, 5) is 39.8. The number of amides is 2. The van der Waals surface area contributed by atoms with E-state index in [1.807, 2.05) is 0 Å². The van der Waals surface area contributed by atoms with Crippen LogP contribution in [0.4, 0.5) is 0 Å². The van der Waals surface area contributed by atoms with Crippen LogP contribution in [0.1, 0.15) is 92.9 Å². The van der Waals surface area contributed by atoms with Crippen molar-refractivity contribution >= 4 is 11.8 Å². The molecule has 340 valence electrons. The van der Waals surface area contributed by atoms with Gasteiger partial charge in [0.25, 0.3) is 0 Å². The molecule has 7 N–H and O–H groups in total. The van der Waals surface area contributed by atoms with Crippen molar-refractivity contribution in [2.75, 3.05) is 73.7 Å². The summed E-state index contributed by atoms with van der Waals surface area (Å²) in [6.45, 7) is 17.0. The van der Waals surface area contributed by atoms with E-state index < -0.39 is 24.2 Å². The van der Waals surface area contributed by atoms with Gasteiger partial charge in [-0.05, 0) is 114 Å². The Labute approximate surface area is 354 Å². The number of nitrogens with zero attached hydrogens (tertiary/aromatic N) is 4. The van der Waals surface area contributed by atoms with Crippen LogP contribution in [-0.2, 0) is 19.2 Å². The highest BCUT2D eigenvalue weighted by Crippen LogP contribution is 2.61. The Balaban J connectivity index is 1.16. The first-order valence-electron chi connectivity index (χ1n) is 23.2. The predicted octanol–water partition coefficient (Wildman–Crippen LogP) is 1.44. The monoisotopic (exact) mass is 835 g/mol. The van der Waals surface area contributed by atoms with Crippen LogP contribution < -0.4 is 21.6 Å². The second-order valence-corrected chi connectivity index (χ2v) is 20.3. The lowest BCUT2D eigenvalue weighted by atomic mass is 9.45. The fourth-order valence-electron chi connectivity index (χ4n) is 12.7. The lowest BCUT2D eigenvalue weighted by Gasteiger charge is -2.62. The highest BCUT2D eigenvalue weighted by Gasteiger charge is 2.58. The fraction of sp³-hybridized carbons (Fsp3) is 0.955. The standard InChI is InChI=1S/C44H82N8O7/c1-10-50(11-2)21-32(22-51-23-33(24-53)47-48-51)45-42(56)30-15-29(16-34(17-30)49(7)8)35-14-12-13-28(41(35)58-9)20-52-40(39(27(4)55)38(25-54)59-52)43(57)46-37-19-31-18-36(26(37)3)44(31,5)6/h26-41,47-48,53-55H,10-25H2,1-9H3,(H,45,56)(H,46,57)/t26-,27-,28?,29?,30?,31+,32-,33?,34?,35?,36-,37?,38-,39+,40-,41?/m0/s1. The van der Waals surface area contributed by atoms with Gasteiger partial charge in [-0.15, -0.1) is 0 Å². The van der Waals surface area contributed by atoms with Gasteiger partial charge in [0.15, 0.2) is 0 Å². The molecule has 15 nitrogen and oxygen atoms in total. The lowest BCUT2D eigenvalue weighted by molar-refractivity contribution is -0.193. The minimum Gasteiger partial charge on any atom is -0.395 e. The Bertz CT molecular complexity index is 1370. The maximum atomic E-state index is 14.4. The number of ether oxygens (including phenoxy) is 1. The molecule has 8 unspecified atom stereocenters. The van der Waals surface area contributed by atoms with Crippen molar-refractivity contribution in [1.29, 1.82) is 0 Å². The Morgan fingerprint density at radius 1 is 1.03 bits per heavy atom. The summed E-state index contributed by atoms with van der Waals surface area (Å²) in [6, 6.07) is -0.530. The van der Waals surface area contributed by atoms with Crippen molar-refractivity contribution in [1.82, 2.24) is 41.5 Å². The minimum atomic E-state index is -0.845. The fourth-order valence-corrected chi connectivity index (χ4v) is 12.7. The largest absolute Gasteiger partial charge is 0.395 e. The number of hydroxylamine groups is 2. The Hall–Kier alpha value is -1.50. The van der Waals surface area contributed by atoms with Crippen LogP contribution in [0.3, 0.4) is 0 Å². The molecular weight excluding hydrogens is 753 g/mol. The maximum absolute atomic E-state index is 14.4. The number of hydrogen-bond acceptors (Lipinski definition) is 13. The van der Waals surface area contributed by atoms with E-state index in [-0.39, 0.29) is 79.0 Å². The SMILES string of the molecule is CCN(CC)C[C@@H](CN1CC(CO)NN1)NC(=O)C1CC(C2CCCC(CN3O[C@@H](CO)[C@@H]([C@H](C)O)[C@H]3C(=O)NC3C[C@H]4C[C@@H]([C@@H]3C)C4(C)C)C2OC)CC(N(C)C)C1. The molecule has 0 spiro atoms. The summed E-state index contributed by atoms with van der Waals surface area (Å²) in [5.74, 6) is 1.39. The zero-order chi connectivity index (χ0) is 42.8. The number of hydrogen-bond donors (Lipinski definition) is 7. The van der Waals surface area contributed by atoms with Crippen molar-refractivity contribution in [2.24, 2.45) is 52.8 Å². The molecule has 2 aliphatic heterocycles. The summed E-state index contributed by atoms with van der Waals surface area (Å²) < 4.78 is 6.45. The molecule has 5 saturated carbocycles. The van der Waals surface area contributed by atoms with Gasteiger partial charge in [-0.1, -0.05) is 41.0 Å². The number of fused-ring (bicyclic) bond motifs is 2. The van der Waals surface area contributed by atoms with Gasteiger partial charge in [0.2, 0.25) is 11.8 Å². The third-order valence-corrected chi connectivity index (χ3v) is 16.4. The summed E-state index contributed by atoms with van der Waals surface area (Å²) in [5, 5.41) is 42.0. The molecule has 2 amide bonds. The molecule has 0 aromatic carbocycles. The van der Waals surface area contributed by atoms with E-state index in [4.69, 9.17) is 9.57 Å². The molecule has 0 aromatic rings. The number of hydrazine groups is 2. The van der Waals surface area contributed by atoms with Crippen LogP contribution in [0.5, 0.6) is 0 Å². The molecule has 5 aliphatic carbocycles. The molecule has 0 aromatic heterocycles. The first kappa shape index (κ1) is 47.0. The zero-order valence-electron chi connectivity index (χ0n) is 37.8. The molecule has 7 fully saturated rings. The molecule has 2 heterocycles. The van der Waals surface area contributed by atoms with Crippen LogP contribution in [0.15, 0.2) is 0 Å². The highest BCUT2D eigenvalue weighted by atomic mass is 16.7. The van der Waals surface area contributed by atoms with Gasteiger partial charge < -0.3 is 40.5 Å². The van der Waals surface area contributed by atoms with E-state index in [0.29, 0.717) is 42.8 Å². The lowest BCUT2D eigenvalue weighted by Crippen LogP contribution is -2.62. The van der Waals surface area contributed by atoms with Crippen LogP contribution in [-0.4, -0.2) is 169 Å². The smallest absolute Gasteiger partial charge is 0.240 e. The molecule has 2 bridgehead atoms. The van der Waals surface area contributed by atoms with Gasteiger partial charge >= 0.3 is 0 Å². The predicted molar refractivity (Wildman–Crippen MR) is 227 cm³/mol. The van der Waals surface area contributed by atoms with Gasteiger partial charge in [0, 0.05) is 63.1 Å². The maximum Gasteiger partial charge on any atom is 0.240 e. The Morgan fingerprint density at radius 3 is 2.37 bits per heavy atom.